The van der Waals surface area contributed by atoms with E-state index in [1.807, 2.05) is 19.1 Å². The lowest BCUT2D eigenvalue weighted by Gasteiger charge is -2.23. The van der Waals surface area contributed by atoms with Crippen LogP contribution in [0.3, 0.4) is 0 Å². The number of hydrogen-bond acceptors (Lipinski definition) is 8. The van der Waals surface area contributed by atoms with Crippen molar-refractivity contribution in [2.24, 2.45) is 0 Å². The fourth-order valence-corrected chi connectivity index (χ4v) is 4.54. The second-order valence-electron chi connectivity index (χ2n) is 9.34. The maximum Gasteiger partial charge on any atom is 0.156 e. The van der Waals surface area contributed by atoms with Crippen molar-refractivity contribution in [3.63, 3.8) is 0 Å². The average molecular weight is 500 g/mol. The fourth-order valence-electron chi connectivity index (χ4n) is 4.54. The van der Waals surface area contributed by atoms with Crippen LogP contribution < -0.4 is 15.4 Å². The largest absolute Gasteiger partial charge is 0.489 e. The van der Waals surface area contributed by atoms with Gasteiger partial charge in [-0.3, -0.25) is 9.88 Å². The van der Waals surface area contributed by atoms with Crippen molar-refractivity contribution in [2.75, 3.05) is 26.0 Å². The molecule has 1 saturated carbocycles. The van der Waals surface area contributed by atoms with Crippen molar-refractivity contribution in [3.8, 4) is 5.75 Å². The zero-order valence-electron chi connectivity index (χ0n) is 21.1. The van der Waals surface area contributed by atoms with E-state index in [0.717, 1.165) is 12.1 Å². The van der Waals surface area contributed by atoms with Gasteiger partial charge in [0.15, 0.2) is 5.82 Å². The predicted octanol–water partition coefficient (Wildman–Crippen LogP) is 5.13. The van der Waals surface area contributed by atoms with Gasteiger partial charge in [-0.25, -0.2) is 14.4 Å². The van der Waals surface area contributed by atoms with Crippen LogP contribution in [0.15, 0.2) is 55.1 Å². The van der Waals surface area contributed by atoms with Crippen molar-refractivity contribution in [2.45, 2.75) is 31.9 Å². The number of likely N-dealkylation sites (N-methyl/N-ethyl adjacent to an activating group) is 1. The SMILES string of the molecule is CN/C=C(\C=N)c1cc(O[C@H](C)CN(C)C2CC2)c2c(Nc3ccc4ncccc4c3F)ncnc2c1. The smallest absolute Gasteiger partial charge is 0.156 e. The number of rotatable bonds is 10. The molecule has 2 aromatic heterocycles. The number of aromatic nitrogens is 3. The number of nitrogens with one attached hydrogen (secondary N) is 3. The second kappa shape index (κ2) is 10.5. The maximum atomic E-state index is 15.4. The van der Waals surface area contributed by atoms with E-state index in [1.54, 1.807) is 43.7 Å². The Bertz CT molecular complexity index is 1480. The summed E-state index contributed by atoms with van der Waals surface area (Å²) < 4.78 is 21.8. The van der Waals surface area contributed by atoms with Gasteiger partial charge in [-0.1, -0.05) is 0 Å². The van der Waals surface area contributed by atoms with Crippen LogP contribution in [0, 0.1) is 11.2 Å². The minimum absolute atomic E-state index is 0.114. The van der Waals surface area contributed by atoms with Gasteiger partial charge in [0.1, 0.15) is 24.0 Å². The summed E-state index contributed by atoms with van der Waals surface area (Å²) in [5.41, 5.74) is 2.95. The lowest BCUT2D eigenvalue weighted by Crippen LogP contribution is -2.32. The molecule has 0 unspecified atom stereocenters. The van der Waals surface area contributed by atoms with Crippen molar-refractivity contribution in [1.29, 1.82) is 5.41 Å². The van der Waals surface area contributed by atoms with E-state index < -0.39 is 5.82 Å². The molecular weight excluding hydrogens is 469 g/mol. The van der Waals surface area contributed by atoms with Crippen molar-refractivity contribution in [3.05, 3.63) is 66.5 Å². The normalized spacial score (nSPS) is 14.7. The molecule has 1 aliphatic carbocycles. The third-order valence-corrected chi connectivity index (χ3v) is 6.51. The molecule has 37 heavy (non-hydrogen) atoms. The van der Waals surface area contributed by atoms with Gasteiger partial charge >= 0.3 is 0 Å². The number of allylic oxidation sites excluding steroid dienone is 1. The van der Waals surface area contributed by atoms with Gasteiger partial charge in [-0.05, 0) is 68.8 Å². The molecule has 8 nitrogen and oxygen atoms in total. The minimum Gasteiger partial charge on any atom is -0.489 e. The Morgan fingerprint density at radius 2 is 2.05 bits per heavy atom. The lowest BCUT2D eigenvalue weighted by atomic mass is 10.0. The summed E-state index contributed by atoms with van der Waals surface area (Å²) in [5.74, 6) is 0.600. The van der Waals surface area contributed by atoms with Gasteiger partial charge in [0.25, 0.3) is 0 Å². The zero-order valence-corrected chi connectivity index (χ0v) is 21.1. The third-order valence-electron chi connectivity index (χ3n) is 6.51. The van der Waals surface area contributed by atoms with Crippen LogP contribution in [0.25, 0.3) is 27.4 Å². The number of benzene rings is 2. The number of fused-ring (bicyclic) bond motifs is 2. The van der Waals surface area contributed by atoms with E-state index in [0.29, 0.717) is 45.0 Å². The number of ether oxygens (including phenoxy) is 1. The van der Waals surface area contributed by atoms with Gasteiger partial charge in [0.2, 0.25) is 0 Å². The summed E-state index contributed by atoms with van der Waals surface area (Å²) in [4.78, 5) is 15.5. The molecule has 1 aliphatic rings. The number of pyridine rings is 1. The Labute approximate surface area is 215 Å². The van der Waals surface area contributed by atoms with Crippen LogP contribution in [-0.4, -0.2) is 58.9 Å². The molecule has 3 N–H and O–H groups in total. The molecule has 2 aromatic carbocycles. The highest BCUT2D eigenvalue weighted by Crippen LogP contribution is 2.36. The highest BCUT2D eigenvalue weighted by atomic mass is 19.1. The molecule has 0 radical (unpaired) electrons. The van der Waals surface area contributed by atoms with E-state index in [1.165, 1.54) is 25.4 Å². The lowest BCUT2D eigenvalue weighted by molar-refractivity contribution is 0.160. The first kappa shape index (κ1) is 24.6. The summed E-state index contributed by atoms with van der Waals surface area (Å²) in [7, 11) is 3.90. The van der Waals surface area contributed by atoms with Crippen LogP contribution in [0.1, 0.15) is 25.3 Å². The van der Waals surface area contributed by atoms with E-state index in [9.17, 15) is 0 Å². The van der Waals surface area contributed by atoms with Crippen molar-refractivity contribution in [1.82, 2.24) is 25.2 Å². The molecule has 1 atom stereocenters. The first-order valence-electron chi connectivity index (χ1n) is 12.3. The minimum atomic E-state index is -0.404. The number of hydrogen-bond donors (Lipinski definition) is 3. The van der Waals surface area contributed by atoms with Crippen molar-refractivity contribution < 1.29 is 9.13 Å². The van der Waals surface area contributed by atoms with E-state index in [-0.39, 0.29) is 11.8 Å². The molecule has 0 amide bonds. The van der Waals surface area contributed by atoms with Crippen LogP contribution in [0.5, 0.6) is 5.75 Å². The maximum absolute atomic E-state index is 15.4. The fraction of sp³-hybridized carbons (Fsp3) is 0.286. The summed E-state index contributed by atoms with van der Waals surface area (Å²) in [6.45, 7) is 2.80. The Kier molecular flexibility index (Phi) is 6.96. The van der Waals surface area contributed by atoms with E-state index in [4.69, 9.17) is 10.1 Å². The number of nitrogens with zero attached hydrogens (tertiary/aromatic N) is 4. The highest BCUT2D eigenvalue weighted by Gasteiger charge is 2.27. The van der Waals surface area contributed by atoms with Gasteiger partial charge in [0, 0.05) is 49.2 Å². The molecule has 1 fully saturated rings. The Hall–Kier alpha value is -4.11. The molecule has 9 heteroatoms. The molecule has 5 rings (SSSR count). The summed E-state index contributed by atoms with van der Waals surface area (Å²) in [6.07, 6.45) is 8.43. The molecule has 0 aliphatic heterocycles. The van der Waals surface area contributed by atoms with E-state index >= 15 is 4.39 Å². The average Bonchev–Trinajstić information content (AvgIpc) is 3.75. The summed E-state index contributed by atoms with van der Waals surface area (Å²) >= 11 is 0. The van der Waals surface area contributed by atoms with Crippen LogP contribution in [0.2, 0.25) is 0 Å². The summed E-state index contributed by atoms with van der Waals surface area (Å²) in [6, 6.07) is 11.2. The van der Waals surface area contributed by atoms with Crippen molar-refractivity contribution >= 4 is 45.1 Å². The van der Waals surface area contributed by atoms with Gasteiger partial charge in [-0.2, -0.15) is 0 Å². The van der Waals surface area contributed by atoms with Crippen LogP contribution >= 0.6 is 0 Å². The monoisotopic (exact) mass is 499 g/mol. The Morgan fingerprint density at radius 1 is 1.22 bits per heavy atom. The van der Waals surface area contributed by atoms with Gasteiger partial charge in [-0.15, -0.1) is 0 Å². The van der Waals surface area contributed by atoms with Gasteiger partial charge in [0.05, 0.1) is 22.1 Å². The topological polar surface area (TPSA) is 99.1 Å². The predicted molar refractivity (Wildman–Crippen MR) is 146 cm³/mol. The third kappa shape index (κ3) is 5.22. The molecule has 190 valence electrons. The first-order chi connectivity index (χ1) is 18.0. The number of halogens is 1. The van der Waals surface area contributed by atoms with Crippen LogP contribution in [-0.2, 0) is 0 Å². The second-order valence-corrected chi connectivity index (χ2v) is 9.34. The summed E-state index contributed by atoms with van der Waals surface area (Å²) in [5, 5.41) is 15.1. The zero-order chi connectivity index (χ0) is 25.9. The Balaban J connectivity index is 1.59. The van der Waals surface area contributed by atoms with Gasteiger partial charge < -0.3 is 20.8 Å². The molecule has 4 aromatic rings. The molecular formula is C28H30FN7O. The molecule has 0 saturated heterocycles. The standard InChI is InChI=1S/C28H30FN7O/c1-17(15-36(3)20-6-7-20)37-25-12-18(19(13-30)14-31-2)11-24-26(25)28(34-16-33-24)35-23-9-8-22-21(27(23)29)5-4-10-32-22/h4-5,8-14,16-17,20,30-31H,6-7,15H2,1-3H3,(H,33,34,35)/b19-14+,30-13?/t17-/m1/s1. The number of anilines is 2. The van der Waals surface area contributed by atoms with Crippen LogP contribution in [0.4, 0.5) is 15.9 Å². The quantitative estimate of drug-likeness (QED) is 0.260. The Morgan fingerprint density at radius 3 is 2.81 bits per heavy atom. The van der Waals surface area contributed by atoms with E-state index in [2.05, 4.69) is 37.5 Å². The highest BCUT2D eigenvalue weighted by molar-refractivity contribution is 6.10. The molecule has 0 spiro atoms. The molecule has 0 bridgehead atoms. The first-order valence-corrected chi connectivity index (χ1v) is 12.3. The molecule has 2 heterocycles.